The van der Waals surface area contributed by atoms with Crippen molar-refractivity contribution in [2.45, 2.75) is 72.6 Å². The van der Waals surface area contributed by atoms with Gasteiger partial charge in [-0.1, -0.05) is 32.9 Å². The molecule has 130 valence electrons. The van der Waals surface area contributed by atoms with Gasteiger partial charge in [-0.2, -0.15) is 0 Å². The van der Waals surface area contributed by atoms with E-state index in [4.69, 9.17) is 0 Å². The zero-order valence-corrected chi connectivity index (χ0v) is 15.2. The molecule has 0 saturated heterocycles. The van der Waals surface area contributed by atoms with Crippen LogP contribution < -0.4 is 0 Å². The van der Waals surface area contributed by atoms with Crippen molar-refractivity contribution in [1.82, 2.24) is 0 Å². The van der Waals surface area contributed by atoms with Crippen molar-refractivity contribution in [3.8, 4) is 0 Å². The van der Waals surface area contributed by atoms with Gasteiger partial charge in [0, 0.05) is 37.5 Å². The predicted molar refractivity (Wildman–Crippen MR) is 93.1 cm³/mol. The fourth-order valence-electron chi connectivity index (χ4n) is 3.24. The Morgan fingerprint density at radius 1 is 0.870 bits per heavy atom. The van der Waals surface area contributed by atoms with E-state index in [1.54, 1.807) is 0 Å². The highest BCUT2D eigenvalue weighted by Gasteiger charge is 2.24. The fourth-order valence-corrected chi connectivity index (χ4v) is 3.24. The molecule has 0 aromatic carbocycles. The van der Waals surface area contributed by atoms with Gasteiger partial charge in [0.2, 0.25) is 0 Å². The van der Waals surface area contributed by atoms with Crippen LogP contribution in [-0.4, -0.2) is 17.3 Å². The quantitative estimate of drug-likeness (QED) is 0.667. The molecule has 1 aliphatic carbocycles. The van der Waals surface area contributed by atoms with E-state index in [1.807, 2.05) is 27.7 Å². The standard InChI is InChI=1S/C20H32O3/c1-13(2)17-8-7-15(4)19(22)9-6-14(3)10-18(21)11-16(5)20(23)12-17/h14-17H,1,6-12H2,2-5H3/t14-,15?,16?,17+/m0/s1. The molecule has 3 heteroatoms. The Morgan fingerprint density at radius 2 is 1.52 bits per heavy atom. The SMILES string of the molecule is C=C(C)[C@@H]1CCC(C)C(=O)CC[C@H](C)CC(=O)CC(C)C(=O)C1. The molecule has 2 unspecified atom stereocenters. The second-order valence-corrected chi connectivity index (χ2v) is 7.65. The van der Waals surface area contributed by atoms with Crippen molar-refractivity contribution in [1.29, 1.82) is 0 Å². The summed E-state index contributed by atoms with van der Waals surface area (Å²) in [4.78, 5) is 36.8. The number of rotatable bonds is 1. The van der Waals surface area contributed by atoms with Crippen molar-refractivity contribution in [3.05, 3.63) is 12.2 Å². The van der Waals surface area contributed by atoms with Crippen LogP contribution >= 0.6 is 0 Å². The van der Waals surface area contributed by atoms with Crippen LogP contribution in [0.15, 0.2) is 12.2 Å². The van der Waals surface area contributed by atoms with Gasteiger partial charge in [-0.15, -0.1) is 0 Å². The Bertz CT molecular complexity index is 464. The molecule has 0 bridgehead atoms. The summed E-state index contributed by atoms with van der Waals surface area (Å²) < 4.78 is 0. The van der Waals surface area contributed by atoms with Gasteiger partial charge in [0.05, 0.1) is 0 Å². The summed E-state index contributed by atoms with van der Waals surface area (Å²) in [6.45, 7) is 11.8. The smallest absolute Gasteiger partial charge is 0.136 e. The van der Waals surface area contributed by atoms with Crippen molar-refractivity contribution in [3.63, 3.8) is 0 Å². The summed E-state index contributed by atoms with van der Waals surface area (Å²) in [5.74, 6) is 0.720. The molecule has 0 amide bonds. The maximum absolute atomic E-state index is 12.4. The molecular weight excluding hydrogens is 288 g/mol. The van der Waals surface area contributed by atoms with E-state index in [-0.39, 0.29) is 41.0 Å². The lowest BCUT2D eigenvalue weighted by Crippen LogP contribution is -2.22. The average Bonchev–Trinajstić information content (AvgIpc) is 2.46. The van der Waals surface area contributed by atoms with E-state index in [0.717, 1.165) is 24.8 Å². The maximum Gasteiger partial charge on any atom is 0.136 e. The lowest BCUT2D eigenvalue weighted by atomic mass is 9.82. The Morgan fingerprint density at radius 3 is 2.13 bits per heavy atom. The van der Waals surface area contributed by atoms with E-state index in [1.165, 1.54) is 0 Å². The Kier molecular flexibility index (Phi) is 7.87. The third kappa shape index (κ3) is 6.80. The first kappa shape index (κ1) is 19.8. The largest absolute Gasteiger partial charge is 0.300 e. The molecular formula is C20H32O3. The monoisotopic (exact) mass is 320 g/mol. The van der Waals surface area contributed by atoms with Gasteiger partial charge in [0.1, 0.15) is 17.3 Å². The lowest BCUT2D eigenvalue weighted by molar-refractivity contribution is -0.128. The van der Waals surface area contributed by atoms with Crippen molar-refractivity contribution in [2.24, 2.45) is 23.7 Å². The van der Waals surface area contributed by atoms with E-state index < -0.39 is 0 Å². The topological polar surface area (TPSA) is 51.2 Å². The van der Waals surface area contributed by atoms with E-state index in [0.29, 0.717) is 25.7 Å². The van der Waals surface area contributed by atoms with E-state index >= 15 is 0 Å². The van der Waals surface area contributed by atoms with Crippen LogP contribution in [0.25, 0.3) is 0 Å². The molecule has 1 rings (SSSR count). The molecule has 23 heavy (non-hydrogen) atoms. The number of carbonyl (C=O) groups is 3. The third-order valence-electron chi connectivity index (χ3n) is 5.19. The van der Waals surface area contributed by atoms with Crippen LogP contribution in [0, 0.1) is 23.7 Å². The first-order valence-electron chi connectivity index (χ1n) is 8.93. The summed E-state index contributed by atoms with van der Waals surface area (Å²) >= 11 is 0. The average molecular weight is 320 g/mol. The molecule has 4 atom stereocenters. The highest BCUT2D eigenvalue weighted by atomic mass is 16.1. The zero-order valence-electron chi connectivity index (χ0n) is 15.2. The molecule has 0 heterocycles. The number of ketones is 3. The van der Waals surface area contributed by atoms with Gasteiger partial charge in [0.25, 0.3) is 0 Å². The molecule has 0 aliphatic heterocycles. The van der Waals surface area contributed by atoms with Crippen LogP contribution in [0.1, 0.15) is 72.6 Å². The van der Waals surface area contributed by atoms with Gasteiger partial charge in [-0.25, -0.2) is 0 Å². The molecule has 1 saturated carbocycles. The minimum absolute atomic E-state index is 0.0233. The van der Waals surface area contributed by atoms with Crippen LogP contribution in [0.5, 0.6) is 0 Å². The fraction of sp³-hybridized carbons (Fsp3) is 0.750. The summed E-state index contributed by atoms with van der Waals surface area (Å²) in [6.07, 6.45) is 4.21. The molecule has 0 aromatic heterocycles. The van der Waals surface area contributed by atoms with Crippen LogP contribution in [0.4, 0.5) is 0 Å². The van der Waals surface area contributed by atoms with Gasteiger partial charge in [0.15, 0.2) is 0 Å². The summed E-state index contributed by atoms with van der Waals surface area (Å²) in [7, 11) is 0. The number of Topliss-reactive ketones (excluding diaryl/α,β-unsaturated/α-hetero) is 3. The van der Waals surface area contributed by atoms with Gasteiger partial charge < -0.3 is 0 Å². The Hall–Kier alpha value is -1.25. The predicted octanol–water partition coefficient (Wildman–Crippen LogP) is 4.54. The molecule has 0 spiro atoms. The minimum Gasteiger partial charge on any atom is -0.300 e. The number of hydrogen-bond acceptors (Lipinski definition) is 3. The molecule has 0 aromatic rings. The van der Waals surface area contributed by atoms with Gasteiger partial charge in [-0.05, 0) is 38.0 Å². The van der Waals surface area contributed by atoms with E-state index in [2.05, 4.69) is 6.58 Å². The molecule has 1 aliphatic rings. The van der Waals surface area contributed by atoms with Crippen molar-refractivity contribution >= 4 is 17.3 Å². The van der Waals surface area contributed by atoms with E-state index in [9.17, 15) is 14.4 Å². The van der Waals surface area contributed by atoms with Crippen LogP contribution in [-0.2, 0) is 14.4 Å². The second kappa shape index (κ2) is 9.14. The molecule has 0 radical (unpaired) electrons. The first-order chi connectivity index (χ1) is 10.7. The number of carbonyl (C=O) groups excluding carboxylic acids is 3. The number of hydrogen-bond donors (Lipinski definition) is 0. The molecule has 3 nitrogen and oxygen atoms in total. The van der Waals surface area contributed by atoms with Gasteiger partial charge >= 0.3 is 0 Å². The zero-order chi connectivity index (χ0) is 17.6. The molecule has 1 fully saturated rings. The van der Waals surface area contributed by atoms with Crippen molar-refractivity contribution in [2.75, 3.05) is 0 Å². The third-order valence-corrected chi connectivity index (χ3v) is 5.19. The van der Waals surface area contributed by atoms with Crippen LogP contribution in [0.3, 0.4) is 0 Å². The van der Waals surface area contributed by atoms with Crippen LogP contribution in [0.2, 0.25) is 0 Å². The minimum atomic E-state index is -0.210. The Balaban J connectivity index is 2.86. The summed E-state index contributed by atoms with van der Waals surface area (Å²) in [5.41, 5.74) is 0.997. The molecule has 0 N–H and O–H groups in total. The Labute approximate surface area is 140 Å². The van der Waals surface area contributed by atoms with Gasteiger partial charge in [-0.3, -0.25) is 14.4 Å². The lowest BCUT2D eigenvalue weighted by Gasteiger charge is -2.21. The normalized spacial score (nSPS) is 32.4. The summed E-state index contributed by atoms with van der Waals surface area (Å²) in [6, 6.07) is 0. The second-order valence-electron chi connectivity index (χ2n) is 7.65. The van der Waals surface area contributed by atoms with Crippen molar-refractivity contribution < 1.29 is 14.4 Å². The first-order valence-corrected chi connectivity index (χ1v) is 8.93. The summed E-state index contributed by atoms with van der Waals surface area (Å²) in [5, 5.41) is 0. The number of allylic oxidation sites excluding steroid dienone is 1. The maximum atomic E-state index is 12.4. The highest BCUT2D eigenvalue weighted by Crippen LogP contribution is 2.27. The highest BCUT2D eigenvalue weighted by molar-refractivity contribution is 5.88.